The number of phenols is 1. The van der Waals surface area contributed by atoms with Crippen molar-refractivity contribution >= 4 is 17.7 Å². The van der Waals surface area contributed by atoms with Crippen molar-refractivity contribution in [3.8, 4) is 5.75 Å². The number of rotatable bonds is 6. The van der Waals surface area contributed by atoms with Crippen molar-refractivity contribution in [2.75, 3.05) is 12.3 Å². The first-order chi connectivity index (χ1) is 9.77. The topological polar surface area (TPSA) is 62.2 Å². The van der Waals surface area contributed by atoms with Crippen LogP contribution in [0.3, 0.4) is 0 Å². The van der Waals surface area contributed by atoms with Gasteiger partial charge in [0.1, 0.15) is 5.75 Å². The largest absolute Gasteiger partial charge is 0.507 e. The molecule has 0 saturated heterocycles. The molecule has 2 aromatic rings. The molecular weight excluding hydrogens is 272 g/mol. The zero-order valence-corrected chi connectivity index (χ0v) is 11.8. The molecule has 1 aromatic carbocycles. The fraction of sp³-hybridized carbons (Fsp3) is 0.200. The summed E-state index contributed by atoms with van der Waals surface area (Å²) in [4.78, 5) is 16.0. The monoisotopic (exact) mass is 288 g/mol. The van der Waals surface area contributed by atoms with Gasteiger partial charge in [0, 0.05) is 18.5 Å². The van der Waals surface area contributed by atoms with E-state index in [1.807, 2.05) is 18.2 Å². The van der Waals surface area contributed by atoms with Crippen LogP contribution in [-0.4, -0.2) is 28.3 Å². The van der Waals surface area contributed by atoms with Gasteiger partial charge >= 0.3 is 0 Å². The van der Waals surface area contributed by atoms with Crippen molar-refractivity contribution in [2.45, 2.75) is 11.4 Å². The molecule has 0 atom stereocenters. The lowest BCUT2D eigenvalue weighted by atomic mass is 10.2. The molecule has 0 spiro atoms. The number of benzene rings is 1. The smallest absolute Gasteiger partial charge is 0.255 e. The quantitative estimate of drug-likeness (QED) is 0.634. The van der Waals surface area contributed by atoms with E-state index in [1.54, 1.807) is 36.2 Å². The first kappa shape index (κ1) is 14.4. The summed E-state index contributed by atoms with van der Waals surface area (Å²) in [6, 6.07) is 12.3. The first-order valence-corrected chi connectivity index (χ1v) is 7.36. The summed E-state index contributed by atoms with van der Waals surface area (Å²) in [5.74, 6) is 0.650. The highest BCUT2D eigenvalue weighted by Crippen LogP contribution is 2.16. The maximum atomic E-state index is 11.8. The van der Waals surface area contributed by atoms with E-state index in [4.69, 9.17) is 0 Å². The molecule has 0 unspecified atom stereocenters. The summed E-state index contributed by atoms with van der Waals surface area (Å²) in [5, 5.41) is 13.3. The van der Waals surface area contributed by atoms with Crippen LogP contribution in [-0.2, 0) is 0 Å². The Morgan fingerprint density at radius 3 is 2.75 bits per heavy atom. The van der Waals surface area contributed by atoms with Crippen LogP contribution < -0.4 is 5.32 Å². The molecule has 0 radical (unpaired) electrons. The average molecular weight is 288 g/mol. The van der Waals surface area contributed by atoms with Crippen LogP contribution in [0.25, 0.3) is 0 Å². The van der Waals surface area contributed by atoms with Crippen LogP contribution in [0.1, 0.15) is 16.8 Å². The molecule has 20 heavy (non-hydrogen) atoms. The second-order valence-electron chi connectivity index (χ2n) is 4.14. The minimum absolute atomic E-state index is 0.00728. The highest BCUT2D eigenvalue weighted by Gasteiger charge is 2.08. The minimum Gasteiger partial charge on any atom is -0.507 e. The van der Waals surface area contributed by atoms with Gasteiger partial charge in [-0.2, -0.15) is 0 Å². The number of thioether (sulfide) groups is 1. The normalized spacial score (nSPS) is 10.2. The van der Waals surface area contributed by atoms with E-state index < -0.39 is 0 Å². The summed E-state index contributed by atoms with van der Waals surface area (Å²) >= 11 is 1.66. The van der Waals surface area contributed by atoms with Crippen molar-refractivity contribution < 1.29 is 9.90 Å². The summed E-state index contributed by atoms with van der Waals surface area (Å²) in [6.07, 6.45) is 2.61. The number of phenolic OH excluding ortho intramolecular Hbond substituents is 1. The molecule has 1 aromatic heterocycles. The number of amides is 1. The highest BCUT2D eigenvalue weighted by molar-refractivity contribution is 7.99. The standard InChI is InChI=1S/C15H16N2O2S/c18-13-7-2-1-6-12(13)15(19)17-10-5-11-20-14-8-3-4-9-16-14/h1-4,6-9,18H,5,10-11H2,(H,17,19). The molecule has 5 heteroatoms. The van der Waals surface area contributed by atoms with E-state index in [2.05, 4.69) is 10.3 Å². The Kier molecular flexibility index (Phi) is 5.43. The number of nitrogens with one attached hydrogen (secondary N) is 1. The van der Waals surface area contributed by atoms with Gasteiger partial charge in [0.2, 0.25) is 0 Å². The number of pyridine rings is 1. The average Bonchev–Trinajstić information content (AvgIpc) is 2.48. The number of carbonyl (C=O) groups excluding carboxylic acids is 1. The van der Waals surface area contributed by atoms with Gasteiger partial charge in [-0.15, -0.1) is 11.8 Å². The number of carbonyl (C=O) groups is 1. The van der Waals surface area contributed by atoms with Crippen LogP contribution in [0.5, 0.6) is 5.75 Å². The van der Waals surface area contributed by atoms with Gasteiger partial charge in [0.15, 0.2) is 0 Å². The molecule has 0 aliphatic carbocycles. The van der Waals surface area contributed by atoms with Crippen LogP contribution in [0.15, 0.2) is 53.7 Å². The minimum atomic E-state index is -0.245. The van der Waals surface area contributed by atoms with Gasteiger partial charge in [-0.05, 0) is 30.7 Å². The van der Waals surface area contributed by atoms with Crippen LogP contribution in [0.4, 0.5) is 0 Å². The molecule has 1 heterocycles. The maximum Gasteiger partial charge on any atom is 0.255 e. The van der Waals surface area contributed by atoms with Crippen molar-refractivity contribution in [2.24, 2.45) is 0 Å². The van der Waals surface area contributed by atoms with E-state index in [0.29, 0.717) is 12.1 Å². The van der Waals surface area contributed by atoms with E-state index in [-0.39, 0.29) is 11.7 Å². The molecule has 2 N–H and O–H groups in total. The molecule has 0 saturated carbocycles. The molecule has 0 aliphatic heterocycles. The Labute approximate surface area is 122 Å². The lowest BCUT2D eigenvalue weighted by molar-refractivity contribution is 0.0951. The van der Waals surface area contributed by atoms with Gasteiger partial charge in [-0.1, -0.05) is 18.2 Å². The molecule has 1 amide bonds. The second kappa shape index (κ2) is 7.55. The van der Waals surface area contributed by atoms with Crippen molar-refractivity contribution in [1.29, 1.82) is 0 Å². The maximum absolute atomic E-state index is 11.8. The van der Waals surface area contributed by atoms with E-state index in [1.165, 1.54) is 6.07 Å². The molecule has 0 bridgehead atoms. The van der Waals surface area contributed by atoms with Gasteiger partial charge in [-0.3, -0.25) is 4.79 Å². The van der Waals surface area contributed by atoms with Gasteiger partial charge in [0.05, 0.1) is 10.6 Å². The second-order valence-corrected chi connectivity index (χ2v) is 5.26. The van der Waals surface area contributed by atoms with Gasteiger partial charge in [-0.25, -0.2) is 4.98 Å². The Morgan fingerprint density at radius 1 is 1.20 bits per heavy atom. The van der Waals surface area contributed by atoms with Crippen molar-refractivity contribution in [3.05, 3.63) is 54.2 Å². The summed E-state index contributed by atoms with van der Waals surface area (Å²) in [5.41, 5.74) is 0.310. The zero-order valence-electron chi connectivity index (χ0n) is 11.0. The molecular formula is C15H16N2O2S. The Hall–Kier alpha value is -2.01. The summed E-state index contributed by atoms with van der Waals surface area (Å²) in [6.45, 7) is 0.576. The number of para-hydroxylation sites is 1. The van der Waals surface area contributed by atoms with Gasteiger partial charge < -0.3 is 10.4 Å². The van der Waals surface area contributed by atoms with Crippen molar-refractivity contribution in [3.63, 3.8) is 0 Å². The SMILES string of the molecule is O=C(NCCCSc1ccccn1)c1ccccc1O. The Morgan fingerprint density at radius 2 is 2.00 bits per heavy atom. The van der Waals surface area contributed by atoms with E-state index in [9.17, 15) is 9.90 Å². The fourth-order valence-corrected chi connectivity index (χ4v) is 2.45. The van der Waals surface area contributed by atoms with E-state index in [0.717, 1.165) is 17.2 Å². The van der Waals surface area contributed by atoms with Crippen molar-refractivity contribution in [1.82, 2.24) is 10.3 Å². The Balaban J connectivity index is 1.69. The molecule has 104 valence electrons. The van der Waals surface area contributed by atoms with E-state index >= 15 is 0 Å². The zero-order chi connectivity index (χ0) is 14.2. The first-order valence-electron chi connectivity index (χ1n) is 6.37. The lowest BCUT2D eigenvalue weighted by Crippen LogP contribution is -2.24. The van der Waals surface area contributed by atoms with Crippen LogP contribution in [0.2, 0.25) is 0 Å². The fourth-order valence-electron chi connectivity index (χ4n) is 1.64. The predicted octanol–water partition coefficient (Wildman–Crippen LogP) is 2.70. The number of hydrogen-bond acceptors (Lipinski definition) is 4. The van der Waals surface area contributed by atoms with Crippen LogP contribution in [0, 0.1) is 0 Å². The molecule has 4 nitrogen and oxygen atoms in total. The van der Waals surface area contributed by atoms with Crippen LogP contribution >= 0.6 is 11.8 Å². The Bertz CT molecular complexity index is 561. The molecule has 0 fully saturated rings. The number of aromatic nitrogens is 1. The predicted molar refractivity (Wildman–Crippen MR) is 80.0 cm³/mol. The third kappa shape index (κ3) is 4.28. The number of aromatic hydroxyl groups is 1. The highest BCUT2D eigenvalue weighted by atomic mass is 32.2. The third-order valence-corrected chi connectivity index (χ3v) is 3.67. The summed E-state index contributed by atoms with van der Waals surface area (Å²) in [7, 11) is 0. The number of hydrogen-bond donors (Lipinski definition) is 2. The van der Waals surface area contributed by atoms with Gasteiger partial charge in [0.25, 0.3) is 5.91 Å². The molecule has 2 rings (SSSR count). The summed E-state index contributed by atoms with van der Waals surface area (Å²) < 4.78 is 0. The lowest BCUT2D eigenvalue weighted by Gasteiger charge is -2.06. The third-order valence-electron chi connectivity index (χ3n) is 2.64. The number of nitrogens with zero attached hydrogens (tertiary/aromatic N) is 1. The molecule has 0 aliphatic rings.